The van der Waals surface area contributed by atoms with Crippen molar-refractivity contribution in [2.45, 2.75) is 64.5 Å². The fraction of sp³-hybridized carbons (Fsp3) is 0.909. The molecule has 0 aromatic heterocycles. The first-order valence-corrected chi connectivity index (χ1v) is 5.27. The van der Waals surface area contributed by atoms with Gasteiger partial charge in [-0.05, 0) is 33.6 Å². The summed E-state index contributed by atoms with van der Waals surface area (Å²) in [5.74, 6) is 0. The molecule has 0 spiro atoms. The van der Waals surface area contributed by atoms with Crippen LogP contribution in [0.1, 0.15) is 52.9 Å². The molecule has 0 saturated heterocycles. The Morgan fingerprint density at radius 1 is 1.15 bits per heavy atom. The number of hydrogen-bond donors (Lipinski definition) is 0. The predicted molar refractivity (Wildman–Crippen MR) is 56.2 cm³/mol. The molecule has 0 heterocycles. The Morgan fingerprint density at radius 3 is 2.31 bits per heavy atom. The highest BCUT2D eigenvalue weighted by Gasteiger charge is 2.12. The highest BCUT2D eigenvalue weighted by Crippen LogP contribution is 2.20. The van der Waals surface area contributed by atoms with Crippen LogP contribution in [0.4, 0.5) is 0 Å². The number of ether oxygens (including phenoxy) is 1. The molecule has 0 aromatic rings. The van der Waals surface area contributed by atoms with E-state index in [-0.39, 0.29) is 5.60 Å². The quantitative estimate of drug-likeness (QED) is 0.476. The molecule has 0 atom stereocenters. The van der Waals surface area contributed by atoms with Crippen LogP contribution < -0.4 is 0 Å². The highest BCUT2D eigenvalue weighted by atomic mass is 16.5. The summed E-state index contributed by atoms with van der Waals surface area (Å²) < 4.78 is 5.44. The molecule has 76 valence electrons. The Morgan fingerprint density at radius 2 is 1.77 bits per heavy atom. The van der Waals surface area contributed by atoms with Crippen molar-refractivity contribution in [2.75, 3.05) is 0 Å². The zero-order valence-electron chi connectivity index (χ0n) is 9.05. The van der Waals surface area contributed by atoms with Crippen LogP contribution in [-0.2, 0) is 4.74 Å². The topological polar surface area (TPSA) is 21.6 Å². The van der Waals surface area contributed by atoms with Crippen molar-refractivity contribution < 1.29 is 4.74 Å². The van der Waals surface area contributed by atoms with Crippen LogP contribution in [0, 0.1) is 0 Å². The zero-order chi connectivity index (χ0) is 9.73. The van der Waals surface area contributed by atoms with E-state index in [1.54, 1.807) is 6.40 Å². The molecule has 0 radical (unpaired) electrons. The minimum atomic E-state index is -0.0990. The van der Waals surface area contributed by atoms with E-state index in [9.17, 15) is 0 Å². The summed E-state index contributed by atoms with van der Waals surface area (Å²) in [7, 11) is 0. The van der Waals surface area contributed by atoms with E-state index in [4.69, 9.17) is 4.74 Å². The Kier molecular flexibility index (Phi) is 3.76. The number of hydrogen-bond acceptors (Lipinski definition) is 2. The van der Waals surface area contributed by atoms with Gasteiger partial charge in [-0.2, -0.15) is 0 Å². The molecule has 0 N–H and O–H groups in total. The second kappa shape index (κ2) is 4.64. The van der Waals surface area contributed by atoms with Crippen molar-refractivity contribution in [2.24, 2.45) is 4.99 Å². The van der Waals surface area contributed by atoms with E-state index in [0.717, 1.165) is 0 Å². The molecule has 1 rings (SSSR count). The van der Waals surface area contributed by atoms with Gasteiger partial charge in [-0.3, -0.25) is 4.99 Å². The fourth-order valence-electron chi connectivity index (χ4n) is 1.50. The fourth-order valence-corrected chi connectivity index (χ4v) is 1.50. The highest BCUT2D eigenvalue weighted by molar-refractivity contribution is 5.47. The number of rotatable bonds is 2. The van der Waals surface area contributed by atoms with E-state index in [1.807, 2.05) is 20.8 Å². The molecule has 0 aromatic carbocycles. The average molecular weight is 183 g/mol. The summed E-state index contributed by atoms with van der Waals surface area (Å²) in [6.07, 6.45) is 8.17. The van der Waals surface area contributed by atoms with Crippen molar-refractivity contribution in [3.63, 3.8) is 0 Å². The predicted octanol–water partition coefficient (Wildman–Crippen LogP) is 3.16. The van der Waals surface area contributed by atoms with Crippen molar-refractivity contribution in [1.82, 2.24) is 0 Å². The monoisotopic (exact) mass is 183 g/mol. The van der Waals surface area contributed by atoms with Gasteiger partial charge in [-0.15, -0.1) is 0 Å². The maximum absolute atomic E-state index is 5.44. The van der Waals surface area contributed by atoms with Gasteiger partial charge in [0.2, 0.25) is 0 Å². The summed E-state index contributed by atoms with van der Waals surface area (Å²) in [6.45, 7) is 6.12. The standard InChI is InChI=1S/C11H21NO/c1-11(2,3)13-9-12-10-7-5-4-6-8-10/h9-10H,4-8H2,1-3H3. The molecule has 13 heavy (non-hydrogen) atoms. The summed E-state index contributed by atoms with van der Waals surface area (Å²) in [6, 6.07) is 0.524. The van der Waals surface area contributed by atoms with Crippen LogP contribution in [0.15, 0.2) is 4.99 Å². The smallest absolute Gasteiger partial charge is 0.170 e. The van der Waals surface area contributed by atoms with Gasteiger partial charge >= 0.3 is 0 Å². The lowest BCUT2D eigenvalue weighted by Gasteiger charge is -2.20. The lowest BCUT2D eigenvalue weighted by Crippen LogP contribution is -2.19. The van der Waals surface area contributed by atoms with Crippen molar-refractivity contribution >= 4 is 6.40 Å². The first kappa shape index (κ1) is 10.6. The van der Waals surface area contributed by atoms with Crippen LogP contribution in [0.25, 0.3) is 0 Å². The second-order valence-electron chi connectivity index (χ2n) is 4.78. The van der Waals surface area contributed by atoms with Gasteiger partial charge in [-0.25, -0.2) is 0 Å². The molecule has 1 fully saturated rings. The van der Waals surface area contributed by atoms with Gasteiger partial charge in [0.15, 0.2) is 6.40 Å². The van der Waals surface area contributed by atoms with Gasteiger partial charge in [-0.1, -0.05) is 19.3 Å². The summed E-state index contributed by atoms with van der Waals surface area (Å²) in [5.41, 5.74) is -0.0990. The maximum atomic E-state index is 5.44. The van der Waals surface area contributed by atoms with Crippen molar-refractivity contribution in [1.29, 1.82) is 0 Å². The van der Waals surface area contributed by atoms with Crippen molar-refractivity contribution in [3.05, 3.63) is 0 Å². The third-order valence-corrected chi connectivity index (χ3v) is 2.25. The molecule has 2 heteroatoms. The van der Waals surface area contributed by atoms with E-state index in [0.29, 0.717) is 6.04 Å². The minimum Gasteiger partial charge on any atom is -0.478 e. The van der Waals surface area contributed by atoms with Gasteiger partial charge in [0.05, 0.1) is 6.04 Å². The molecule has 0 aliphatic heterocycles. The van der Waals surface area contributed by atoms with E-state index in [1.165, 1.54) is 32.1 Å². The first-order chi connectivity index (χ1) is 6.08. The van der Waals surface area contributed by atoms with E-state index < -0.39 is 0 Å². The van der Waals surface area contributed by atoms with Gasteiger partial charge < -0.3 is 4.74 Å². The van der Waals surface area contributed by atoms with Crippen LogP contribution in [0.3, 0.4) is 0 Å². The SMILES string of the molecule is CC(C)(C)OC=NC1CCCCC1. The summed E-state index contributed by atoms with van der Waals surface area (Å²) in [5, 5.41) is 0. The Balaban J connectivity index is 2.22. The maximum Gasteiger partial charge on any atom is 0.170 e. The minimum absolute atomic E-state index is 0.0990. The molecular formula is C11H21NO. The van der Waals surface area contributed by atoms with Crippen LogP contribution in [0.5, 0.6) is 0 Å². The Hall–Kier alpha value is -0.530. The van der Waals surface area contributed by atoms with Crippen LogP contribution in [-0.4, -0.2) is 18.0 Å². The molecule has 0 bridgehead atoms. The molecule has 1 aliphatic rings. The number of aliphatic imine (C=N–C) groups is 1. The molecule has 0 amide bonds. The van der Waals surface area contributed by atoms with Crippen LogP contribution in [0.2, 0.25) is 0 Å². The molecular weight excluding hydrogens is 162 g/mol. The average Bonchev–Trinajstić information content (AvgIpc) is 2.04. The normalized spacial score (nSPS) is 20.8. The van der Waals surface area contributed by atoms with Crippen LogP contribution >= 0.6 is 0 Å². The number of nitrogens with zero attached hydrogens (tertiary/aromatic N) is 1. The largest absolute Gasteiger partial charge is 0.478 e. The third kappa shape index (κ3) is 4.91. The first-order valence-electron chi connectivity index (χ1n) is 5.27. The Labute approximate surface area is 81.4 Å². The van der Waals surface area contributed by atoms with Gasteiger partial charge in [0.1, 0.15) is 5.60 Å². The van der Waals surface area contributed by atoms with E-state index in [2.05, 4.69) is 4.99 Å². The van der Waals surface area contributed by atoms with E-state index >= 15 is 0 Å². The van der Waals surface area contributed by atoms with Gasteiger partial charge in [0.25, 0.3) is 0 Å². The molecule has 1 saturated carbocycles. The summed E-state index contributed by atoms with van der Waals surface area (Å²) in [4.78, 5) is 4.42. The van der Waals surface area contributed by atoms with Gasteiger partial charge in [0, 0.05) is 0 Å². The molecule has 1 aliphatic carbocycles. The lowest BCUT2D eigenvalue weighted by molar-refractivity contribution is 0.125. The lowest BCUT2D eigenvalue weighted by atomic mass is 9.96. The zero-order valence-corrected chi connectivity index (χ0v) is 9.05. The third-order valence-electron chi connectivity index (χ3n) is 2.25. The Bertz CT molecular complexity index is 163. The van der Waals surface area contributed by atoms with Crippen molar-refractivity contribution in [3.8, 4) is 0 Å². The second-order valence-corrected chi connectivity index (χ2v) is 4.78. The summed E-state index contributed by atoms with van der Waals surface area (Å²) >= 11 is 0. The molecule has 2 nitrogen and oxygen atoms in total. The molecule has 0 unspecified atom stereocenters.